The number of benzene rings is 1. The van der Waals surface area contributed by atoms with E-state index in [9.17, 15) is 4.79 Å². The fraction of sp³-hybridized carbons (Fsp3) is 0.462. The van der Waals surface area contributed by atoms with Crippen LogP contribution in [-0.2, 0) is 11.3 Å². The third kappa shape index (κ3) is 4.24. The van der Waals surface area contributed by atoms with Crippen LogP contribution in [0.15, 0.2) is 48.8 Å². The number of anilines is 1. The Hall–Kier alpha value is -2.86. The molecule has 5 rings (SSSR count). The third-order valence-corrected chi connectivity index (χ3v) is 7.14. The van der Waals surface area contributed by atoms with E-state index in [2.05, 4.69) is 45.2 Å². The van der Waals surface area contributed by atoms with Gasteiger partial charge in [-0.2, -0.15) is 0 Å². The molecule has 2 fully saturated rings. The molecule has 168 valence electrons. The second-order valence-corrected chi connectivity index (χ2v) is 9.06. The van der Waals surface area contributed by atoms with E-state index >= 15 is 0 Å². The molecule has 3 heterocycles. The molecule has 1 saturated carbocycles. The highest BCUT2D eigenvalue weighted by Crippen LogP contribution is 2.37. The number of nitrogens with zero attached hydrogens (tertiary/aromatic N) is 3. The highest BCUT2D eigenvalue weighted by Gasteiger charge is 2.26. The lowest BCUT2D eigenvalue weighted by Gasteiger charge is -2.29. The maximum absolute atomic E-state index is 13.2. The number of pyridine rings is 1. The molecule has 1 saturated heterocycles. The number of fused-ring (bicyclic) bond motifs is 1. The Kier molecular flexibility index (Phi) is 6.12. The number of amides is 1. The summed E-state index contributed by atoms with van der Waals surface area (Å²) >= 11 is 0. The summed E-state index contributed by atoms with van der Waals surface area (Å²) in [4.78, 5) is 19.6. The first-order valence-electron chi connectivity index (χ1n) is 11.8. The van der Waals surface area contributed by atoms with Crippen LogP contribution in [0, 0.1) is 5.92 Å². The molecule has 0 spiro atoms. The van der Waals surface area contributed by atoms with Crippen molar-refractivity contribution in [1.29, 1.82) is 0 Å². The minimum Gasteiger partial charge on any atom is -0.388 e. The van der Waals surface area contributed by atoms with Crippen molar-refractivity contribution < 1.29 is 9.53 Å². The molecule has 6 heteroatoms. The Morgan fingerprint density at radius 1 is 1.09 bits per heavy atom. The van der Waals surface area contributed by atoms with Crippen molar-refractivity contribution in [2.24, 2.45) is 5.92 Å². The van der Waals surface area contributed by atoms with Gasteiger partial charge in [0.1, 0.15) is 5.52 Å². The quantitative estimate of drug-likeness (QED) is 0.644. The van der Waals surface area contributed by atoms with Gasteiger partial charge in [-0.1, -0.05) is 12.1 Å². The van der Waals surface area contributed by atoms with Crippen molar-refractivity contribution >= 4 is 22.6 Å². The molecule has 1 aliphatic carbocycles. The summed E-state index contributed by atoms with van der Waals surface area (Å²) in [6, 6.07) is 12.9. The first kappa shape index (κ1) is 21.0. The SMILES string of the molecule is CNc1ccc(C2CCC(Cn3cc(C(=O)N4CCOCC4)c4ncccc43)CC2)cc1. The van der Waals surface area contributed by atoms with Gasteiger partial charge in [0.15, 0.2) is 0 Å². The maximum Gasteiger partial charge on any atom is 0.257 e. The van der Waals surface area contributed by atoms with E-state index in [0.717, 1.165) is 28.8 Å². The van der Waals surface area contributed by atoms with Gasteiger partial charge in [-0.25, -0.2) is 0 Å². The molecule has 0 atom stereocenters. The molecule has 1 aliphatic heterocycles. The Bertz CT molecular complexity index is 1060. The number of aromatic nitrogens is 2. The van der Waals surface area contributed by atoms with E-state index in [1.807, 2.05) is 24.2 Å². The van der Waals surface area contributed by atoms with E-state index in [1.54, 1.807) is 6.20 Å². The molecular weight excluding hydrogens is 400 g/mol. The van der Waals surface area contributed by atoms with Gasteiger partial charge in [-0.15, -0.1) is 0 Å². The largest absolute Gasteiger partial charge is 0.388 e. The van der Waals surface area contributed by atoms with Crippen LogP contribution in [0.4, 0.5) is 5.69 Å². The van der Waals surface area contributed by atoms with Crippen LogP contribution >= 0.6 is 0 Å². The minimum absolute atomic E-state index is 0.0736. The number of hydrogen-bond donors (Lipinski definition) is 1. The van der Waals surface area contributed by atoms with Gasteiger partial charge < -0.3 is 19.5 Å². The number of morpholine rings is 1. The normalized spacial score (nSPS) is 21.6. The highest BCUT2D eigenvalue weighted by molar-refractivity contribution is 6.05. The highest BCUT2D eigenvalue weighted by atomic mass is 16.5. The number of carbonyl (C=O) groups is 1. The van der Waals surface area contributed by atoms with Crippen LogP contribution in [0.25, 0.3) is 11.0 Å². The number of carbonyl (C=O) groups excluding carboxylic acids is 1. The lowest BCUT2D eigenvalue weighted by Crippen LogP contribution is -2.40. The van der Waals surface area contributed by atoms with Crippen molar-refractivity contribution in [2.75, 3.05) is 38.7 Å². The first-order chi connectivity index (χ1) is 15.7. The molecule has 1 aromatic carbocycles. The summed E-state index contributed by atoms with van der Waals surface area (Å²) in [5.74, 6) is 1.35. The van der Waals surface area contributed by atoms with E-state index in [-0.39, 0.29) is 5.91 Å². The Balaban J connectivity index is 1.29. The lowest BCUT2D eigenvalue weighted by molar-refractivity contribution is 0.0304. The number of ether oxygens (including phenoxy) is 1. The van der Waals surface area contributed by atoms with E-state index in [1.165, 1.54) is 31.2 Å². The summed E-state index contributed by atoms with van der Waals surface area (Å²) in [5.41, 5.74) is 5.23. The van der Waals surface area contributed by atoms with Crippen molar-refractivity contribution in [3.63, 3.8) is 0 Å². The van der Waals surface area contributed by atoms with Crippen molar-refractivity contribution in [1.82, 2.24) is 14.5 Å². The van der Waals surface area contributed by atoms with Gasteiger partial charge in [0.25, 0.3) is 5.91 Å². The fourth-order valence-corrected chi connectivity index (χ4v) is 5.25. The molecule has 1 amide bonds. The van der Waals surface area contributed by atoms with Crippen molar-refractivity contribution in [3.05, 3.63) is 59.9 Å². The van der Waals surface area contributed by atoms with Crippen LogP contribution in [0.5, 0.6) is 0 Å². The van der Waals surface area contributed by atoms with Crippen LogP contribution in [-0.4, -0.2) is 53.7 Å². The van der Waals surface area contributed by atoms with Crippen molar-refractivity contribution in [2.45, 2.75) is 38.1 Å². The molecule has 1 N–H and O–H groups in total. The topological polar surface area (TPSA) is 59.4 Å². The predicted octanol–water partition coefficient (Wildman–Crippen LogP) is 4.52. The summed E-state index contributed by atoms with van der Waals surface area (Å²) < 4.78 is 7.68. The number of hydrogen-bond acceptors (Lipinski definition) is 4. The van der Waals surface area contributed by atoms with Gasteiger partial charge in [-0.05, 0) is 67.3 Å². The molecular formula is C26H32N4O2. The van der Waals surface area contributed by atoms with Crippen molar-refractivity contribution in [3.8, 4) is 0 Å². The Morgan fingerprint density at radius 3 is 2.56 bits per heavy atom. The van der Waals surface area contributed by atoms with Crippen LogP contribution in [0.1, 0.15) is 47.5 Å². The van der Waals surface area contributed by atoms with Crippen LogP contribution < -0.4 is 5.32 Å². The van der Waals surface area contributed by atoms with E-state index < -0.39 is 0 Å². The zero-order valence-electron chi connectivity index (χ0n) is 18.8. The van der Waals surface area contributed by atoms with E-state index in [4.69, 9.17) is 4.74 Å². The molecule has 2 aliphatic rings. The number of nitrogens with one attached hydrogen (secondary N) is 1. The van der Waals surface area contributed by atoms with Crippen LogP contribution in [0.2, 0.25) is 0 Å². The molecule has 0 unspecified atom stereocenters. The van der Waals surface area contributed by atoms with Gasteiger partial charge in [0.2, 0.25) is 0 Å². The van der Waals surface area contributed by atoms with E-state index in [0.29, 0.717) is 38.1 Å². The van der Waals surface area contributed by atoms with Gasteiger partial charge in [0.05, 0.1) is 24.3 Å². The molecule has 0 radical (unpaired) electrons. The smallest absolute Gasteiger partial charge is 0.257 e. The zero-order chi connectivity index (χ0) is 21.9. The summed E-state index contributed by atoms with van der Waals surface area (Å²) in [6.07, 6.45) is 8.70. The predicted molar refractivity (Wildman–Crippen MR) is 127 cm³/mol. The van der Waals surface area contributed by atoms with Gasteiger partial charge in [-0.3, -0.25) is 9.78 Å². The second kappa shape index (κ2) is 9.33. The fourth-order valence-electron chi connectivity index (χ4n) is 5.25. The number of rotatable bonds is 5. The molecule has 32 heavy (non-hydrogen) atoms. The lowest BCUT2D eigenvalue weighted by atomic mass is 9.78. The molecule has 6 nitrogen and oxygen atoms in total. The average molecular weight is 433 g/mol. The second-order valence-electron chi connectivity index (χ2n) is 9.06. The summed E-state index contributed by atoms with van der Waals surface area (Å²) in [7, 11) is 1.96. The molecule has 3 aromatic rings. The first-order valence-corrected chi connectivity index (χ1v) is 11.8. The van der Waals surface area contributed by atoms with Gasteiger partial charge >= 0.3 is 0 Å². The minimum atomic E-state index is 0.0736. The zero-order valence-corrected chi connectivity index (χ0v) is 18.8. The summed E-state index contributed by atoms with van der Waals surface area (Å²) in [5, 5.41) is 3.20. The molecule has 2 aromatic heterocycles. The van der Waals surface area contributed by atoms with Gasteiger partial charge in [0, 0.05) is 44.8 Å². The summed E-state index contributed by atoms with van der Waals surface area (Å²) in [6.45, 7) is 3.47. The Morgan fingerprint density at radius 2 is 1.84 bits per heavy atom. The Labute approximate surface area is 189 Å². The standard InChI is InChI=1S/C26H32N4O2/c1-27-22-10-8-21(9-11-22)20-6-4-19(5-7-20)17-30-18-23(25-24(30)3-2-12-28-25)26(31)29-13-15-32-16-14-29/h2-3,8-12,18-20,27H,4-7,13-17H2,1H3. The molecule has 0 bridgehead atoms. The average Bonchev–Trinajstić information content (AvgIpc) is 3.23. The maximum atomic E-state index is 13.2. The monoisotopic (exact) mass is 432 g/mol. The third-order valence-electron chi connectivity index (χ3n) is 7.14. The van der Waals surface area contributed by atoms with Crippen LogP contribution in [0.3, 0.4) is 0 Å².